The topological polar surface area (TPSA) is 47.3 Å². The molecule has 0 saturated heterocycles. The molecule has 0 aliphatic carbocycles. The highest BCUT2D eigenvalue weighted by Gasteiger charge is 2.38. The lowest BCUT2D eigenvalue weighted by molar-refractivity contribution is 0.211. The van der Waals surface area contributed by atoms with Gasteiger partial charge in [-0.3, -0.25) is 0 Å². The Morgan fingerprint density at radius 1 is 1.21 bits per heavy atom. The Balaban J connectivity index is 2.48. The minimum absolute atomic E-state index is 0.207. The molecule has 0 aliphatic heterocycles. The minimum Gasteiger partial charge on any atom is -0.412 e. The first-order valence-corrected chi connectivity index (χ1v) is 9.80. The van der Waals surface area contributed by atoms with Gasteiger partial charge in [-0.2, -0.15) is 0 Å². The van der Waals surface area contributed by atoms with Gasteiger partial charge in [0.1, 0.15) is 0 Å². The fourth-order valence-electron chi connectivity index (χ4n) is 1.58. The number of nitrogens with one attached hydrogen (secondary N) is 1. The third-order valence-electron chi connectivity index (χ3n) is 3.81. The zero-order valence-electron chi connectivity index (χ0n) is 13.1. The minimum atomic E-state index is -1.68. The van der Waals surface area contributed by atoms with Gasteiger partial charge in [0.05, 0.1) is 6.10 Å². The lowest BCUT2D eigenvalue weighted by Crippen LogP contribution is -2.44. The summed E-state index contributed by atoms with van der Waals surface area (Å²) in [4.78, 5) is 0. The molecule has 0 radical (unpaired) electrons. The average molecular weight is 280 g/mol. The molecule has 0 fully saturated rings. The summed E-state index contributed by atoms with van der Waals surface area (Å²) in [5, 5.41) is 3.64. The molecule has 4 heteroatoms. The Kier molecular flexibility index (Phi) is 5.04. The van der Waals surface area contributed by atoms with E-state index in [1.54, 1.807) is 0 Å². The number of rotatable bonds is 5. The summed E-state index contributed by atoms with van der Waals surface area (Å²) in [5.41, 5.74) is 7.54. The summed E-state index contributed by atoms with van der Waals surface area (Å²) in [6.07, 6.45) is 0.207. The van der Waals surface area contributed by atoms with Crippen LogP contribution in [-0.2, 0) is 4.43 Å². The number of nitrogen functional groups attached to an aromatic ring is 1. The lowest BCUT2D eigenvalue weighted by Gasteiger charge is -2.38. The van der Waals surface area contributed by atoms with Crippen LogP contribution in [-0.4, -0.2) is 21.0 Å². The number of benzene rings is 1. The van der Waals surface area contributed by atoms with Gasteiger partial charge in [-0.1, -0.05) is 20.8 Å². The first-order valence-electron chi connectivity index (χ1n) is 6.89. The molecule has 0 aromatic heterocycles. The molecular weight excluding hydrogens is 252 g/mol. The van der Waals surface area contributed by atoms with E-state index < -0.39 is 8.32 Å². The Bertz CT molecular complexity index is 396. The van der Waals surface area contributed by atoms with Crippen molar-refractivity contribution in [3.8, 4) is 0 Å². The van der Waals surface area contributed by atoms with Gasteiger partial charge in [-0.25, -0.2) is 0 Å². The predicted octanol–water partition coefficient (Wildman–Crippen LogP) is 4.09. The van der Waals surface area contributed by atoms with Crippen LogP contribution < -0.4 is 11.1 Å². The summed E-state index contributed by atoms with van der Waals surface area (Å²) < 4.78 is 6.30. The summed E-state index contributed by atoms with van der Waals surface area (Å²) in [7, 11) is -1.68. The molecule has 0 aliphatic rings. The van der Waals surface area contributed by atoms with E-state index in [1.165, 1.54) is 0 Å². The van der Waals surface area contributed by atoms with Crippen LogP contribution in [0.2, 0.25) is 18.1 Å². The number of anilines is 2. The Morgan fingerprint density at radius 2 is 1.74 bits per heavy atom. The van der Waals surface area contributed by atoms with Crippen molar-refractivity contribution < 1.29 is 4.43 Å². The zero-order valence-corrected chi connectivity index (χ0v) is 14.1. The molecule has 1 rings (SSSR count). The van der Waals surface area contributed by atoms with Gasteiger partial charge in [-0.15, -0.1) is 0 Å². The SMILES string of the molecule is C[C@@H](CNc1ccc(N)cc1)O[Si](C)(C)C(C)(C)C. The van der Waals surface area contributed by atoms with Gasteiger partial charge < -0.3 is 15.5 Å². The fourth-order valence-corrected chi connectivity index (χ4v) is 3.03. The third-order valence-corrected chi connectivity index (χ3v) is 8.41. The van der Waals surface area contributed by atoms with Crippen LogP contribution in [0.4, 0.5) is 11.4 Å². The molecule has 0 unspecified atom stereocenters. The summed E-state index contributed by atoms with van der Waals surface area (Å²) in [6.45, 7) is 14.3. The Hall–Kier alpha value is -1.00. The number of hydrogen-bond donors (Lipinski definition) is 2. The average Bonchev–Trinajstić information content (AvgIpc) is 2.26. The van der Waals surface area contributed by atoms with Crippen LogP contribution in [0.25, 0.3) is 0 Å². The van der Waals surface area contributed by atoms with E-state index in [1.807, 2.05) is 24.3 Å². The quantitative estimate of drug-likeness (QED) is 0.631. The molecular formula is C15H28N2OSi. The Labute approximate surface area is 118 Å². The monoisotopic (exact) mass is 280 g/mol. The molecule has 0 saturated carbocycles. The van der Waals surface area contributed by atoms with E-state index in [-0.39, 0.29) is 11.1 Å². The summed E-state index contributed by atoms with van der Waals surface area (Å²) in [5.74, 6) is 0. The normalized spacial score (nSPS) is 14.2. The number of nitrogens with two attached hydrogens (primary N) is 1. The zero-order chi connectivity index (χ0) is 14.7. The highest BCUT2D eigenvalue weighted by molar-refractivity contribution is 6.74. The second kappa shape index (κ2) is 5.97. The summed E-state index contributed by atoms with van der Waals surface area (Å²) >= 11 is 0. The van der Waals surface area contributed by atoms with Crippen molar-refractivity contribution in [2.45, 2.75) is 51.9 Å². The van der Waals surface area contributed by atoms with Crippen LogP contribution in [0, 0.1) is 0 Å². The predicted molar refractivity (Wildman–Crippen MR) is 87.1 cm³/mol. The molecule has 1 aromatic carbocycles. The molecule has 3 N–H and O–H groups in total. The molecule has 3 nitrogen and oxygen atoms in total. The van der Waals surface area contributed by atoms with Crippen molar-refractivity contribution in [2.24, 2.45) is 0 Å². The van der Waals surface area contributed by atoms with Gasteiger partial charge in [-0.05, 0) is 49.3 Å². The maximum atomic E-state index is 6.30. The Morgan fingerprint density at radius 3 is 2.21 bits per heavy atom. The van der Waals surface area contributed by atoms with Gasteiger partial charge in [0, 0.05) is 17.9 Å². The van der Waals surface area contributed by atoms with Crippen molar-refractivity contribution in [1.82, 2.24) is 0 Å². The maximum absolute atomic E-state index is 6.30. The fraction of sp³-hybridized carbons (Fsp3) is 0.600. The van der Waals surface area contributed by atoms with E-state index >= 15 is 0 Å². The number of hydrogen-bond acceptors (Lipinski definition) is 3. The molecule has 1 atom stereocenters. The molecule has 19 heavy (non-hydrogen) atoms. The van der Waals surface area contributed by atoms with Crippen molar-refractivity contribution in [2.75, 3.05) is 17.6 Å². The smallest absolute Gasteiger partial charge is 0.192 e. The molecule has 1 aromatic rings. The van der Waals surface area contributed by atoms with E-state index in [0.717, 1.165) is 17.9 Å². The van der Waals surface area contributed by atoms with Crippen molar-refractivity contribution in [3.63, 3.8) is 0 Å². The van der Waals surface area contributed by atoms with Gasteiger partial charge in [0.25, 0.3) is 0 Å². The van der Waals surface area contributed by atoms with Crippen molar-refractivity contribution in [3.05, 3.63) is 24.3 Å². The standard InChI is InChI=1S/C15H28N2OSi/c1-12(18-19(5,6)15(2,3)4)11-17-14-9-7-13(16)8-10-14/h7-10,12,17H,11,16H2,1-6H3/t12-/m0/s1. The molecule has 0 heterocycles. The molecule has 108 valence electrons. The molecule has 0 bridgehead atoms. The largest absolute Gasteiger partial charge is 0.412 e. The molecule has 0 amide bonds. The first-order chi connectivity index (χ1) is 8.62. The van der Waals surface area contributed by atoms with Crippen LogP contribution in [0.15, 0.2) is 24.3 Å². The van der Waals surface area contributed by atoms with Crippen LogP contribution in [0.3, 0.4) is 0 Å². The van der Waals surface area contributed by atoms with Gasteiger partial charge in [0.15, 0.2) is 8.32 Å². The van der Waals surface area contributed by atoms with E-state index in [9.17, 15) is 0 Å². The highest BCUT2D eigenvalue weighted by Crippen LogP contribution is 2.37. The van der Waals surface area contributed by atoms with E-state index in [2.05, 4.69) is 46.1 Å². The maximum Gasteiger partial charge on any atom is 0.192 e. The van der Waals surface area contributed by atoms with Crippen LogP contribution in [0.5, 0.6) is 0 Å². The van der Waals surface area contributed by atoms with E-state index in [4.69, 9.17) is 10.2 Å². The third kappa shape index (κ3) is 4.88. The summed E-state index contributed by atoms with van der Waals surface area (Å²) in [6, 6.07) is 7.80. The second-order valence-electron chi connectivity index (χ2n) is 6.69. The van der Waals surface area contributed by atoms with E-state index in [0.29, 0.717) is 0 Å². The van der Waals surface area contributed by atoms with Crippen LogP contribution in [0.1, 0.15) is 27.7 Å². The van der Waals surface area contributed by atoms with Crippen molar-refractivity contribution in [1.29, 1.82) is 0 Å². The first kappa shape index (κ1) is 16.1. The highest BCUT2D eigenvalue weighted by atomic mass is 28.4. The van der Waals surface area contributed by atoms with Crippen molar-refractivity contribution >= 4 is 19.7 Å². The van der Waals surface area contributed by atoms with Gasteiger partial charge in [0.2, 0.25) is 0 Å². The second-order valence-corrected chi connectivity index (χ2v) is 11.4. The lowest BCUT2D eigenvalue weighted by atomic mass is 10.2. The van der Waals surface area contributed by atoms with Gasteiger partial charge >= 0.3 is 0 Å². The van der Waals surface area contributed by atoms with Crippen LogP contribution >= 0.6 is 0 Å². The molecule has 0 spiro atoms.